The van der Waals surface area contributed by atoms with Crippen LogP contribution in [0.4, 0.5) is 0 Å². The summed E-state index contributed by atoms with van der Waals surface area (Å²) in [6.45, 7) is 21.4. The van der Waals surface area contributed by atoms with Crippen molar-refractivity contribution >= 4 is 22.6 Å². The van der Waals surface area contributed by atoms with Crippen LogP contribution in [0.25, 0.3) is 0 Å². The van der Waals surface area contributed by atoms with E-state index in [0.29, 0.717) is 11.5 Å². The van der Waals surface area contributed by atoms with E-state index in [1.807, 2.05) is 6.07 Å². The summed E-state index contributed by atoms with van der Waals surface area (Å²) in [4.78, 5) is 11.8. The molecule has 0 fully saturated rings. The van der Waals surface area contributed by atoms with Gasteiger partial charge in [-0.25, -0.2) is 4.79 Å². The molecule has 0 bridgehead atoms. The molecule has 0 saturated heterocycles. The first-order valence-corrected chi connectivity index (χ1v) is 14.6. The molecule has 0 aromatic heterocycles. The number of hydrogen-bond acceptors (Lipinski definition) is 3. The molecule has 0 amide bonds. The van der Waals surface area contributed by atoms with Gasteiger partial charge in [-0.2, -0.15) is 0 Å². The third-order valence-electron chi connectivity index (χ3n) is 5.54. The highest BCUT2D eigenvalue weighted by atomic mass is 28.4. The summed E-state index contributed by atoms with van der Waals surface area (Å²) in [6, 6.07) is 5.14. The van der Waals surface area contributed by atoms with Crippen LogP contribution in [0.1, 0.15) is 51.9 Å². The number of carbonyl (C=O) groups is 1. The zero-order valence-corrected chi connectivity index (χ0v) is 19.4. The Bertz CT molecular complexity index is 638. The fourth-order valence-electron chi connectivity index (χ4n) is 1.71. The Kier molecular flexibility index (Phi) is 5.92. The van der Waals surface area contributed by atoms with E-state index in [0.717, 1.165) is 0 Å². The van der Waals surface area contributed by atoms with Crippen LogP contribution in [0.5, 0.6) is 11.5 Å². The van der Waals surface area contributed by atoms with Crippen LogP contribution in [-0.2, 0) is 0 Å². The second kappa shape index (κ2) is 6.80. The SMILES string of the molecule is CC(C)(C)[Si](C)(C)Oc1cccc(C(=O)O)c1O[Si](C)(C)C(C)(C)C. The number of carboxylic acid groups (broad SMARTS) is 1. The van der Waals surface area contributed by atoms with Crippen molar-refractivity contribution in [2.45, 2.75) is 77.8 Å². The van der Waals surface area contributed by atoms with Crippen molar-refractivity contribution in [2.75, 3.05) is 0 Å². The van der Waals surface area contributed by atoms with Crippen LogP contribution in [0.15, 0.2) is 18.2 Å². The fourth-order valence-corrected chi connectivity index (χ4v) is 3.75. The van der Waals surface area contributed by atoms with Gasteiger partial charge in [0.15, 0.2) is 5.75 Å². The minimum Gasteiger partial charge on any atom is -0.541 e. The Morgan fingerprint density at radius 1 is 0.880 bits per heavy atom. The summed E-state index contributed by atoms with van der Waals surface area (Å²) in [6.07, 6.45) is 0. The highest BCUT2D eigenvalue weighted by Gasteiger charge is 2.43. The highest BCUT2D eigenvalue weighted by Crippen LogP contribution is 2.44. The lowest BCUT2D eigenvalue weighted by atomic mass is 10.2. The lowest BCUT2D eigenvalue weighted by molar-refractivity contribution is 0.0694. The van der Waals surface area contributed by atoms with Gasteiger partial charge in [-0.05, 0) is 48.4 Å². The maximum Gasteiger partial charge on any atom is 0.339 e. The maximum absolute atomic E-state index is 11.8. The molecular weight excluding hydrogens is 348 g/mol. The van der Waals surface area contributed by atoms with Crippen LogP contribution < -0.4 is 8.85 Å². The van der Waals surface area contributed by atoms with Crippen molar-refractivity contribution in [2.24, 2.45) is 0 Å². The molecule has 4 nitrogen and oxygen atoms in total. The summed E-state index contributed by atoms with van der Waals surface area (Å²) < 4.78 is 12.8. The minimum absolute atomic E-state index is 0.0144. The summed E-state index contributed by atoms with van der Waals surface area (Å²) in [5.41, 5.74) is 0.168. The molecule has 1 aromatic carbocycles. The average Bonchev–Trinajstić information content (AvgIpc) is 2.37. The lowest BCUT2D eigenvalue weighted by Gasteiger charge is -2.40. The van der Waals surface area contributed by atoms with Crippen molar-refractivity contribution in [1.29, 1.82) is 0 Å². The van der Waals surface area contributed by atoms with Crippen LogP contribution in [0, 0.1) is 0 Å². The molecule has 0 atom stereocenters. The van der Waals surface area contributed by atoms with E-state index < -0.39 is 22.6 Å². The van der Waals surface area contributed by atoms with E-state index in [1.54, 1.807) is 12.1 Å². The molecule has 0 unspecified atom stereocenters. The first kappa shape index (κ1) is 21.8. The number of hydrogen-bond donors (Lipinski definition) is 1. The zero-order chi connectivity index (χ0) is 19.8. The van der Waals surface area contributed by atoms with Gasteiger partial charge < -0.3 is 14.0 Å². The Hall–Kier alpha value is -1.28. The Labute approximate surface area is 154 Å². The molecule has 25 heavy (non-hydrogen) atoms. The van der Waals surface area contributed by atoms with Crippen molar-refractivity contribution in [3.8, 4) is 11.5 Å². The zero-order valence-electron chi connectivity index (χ0n) is 17.4. The molecule has 0 spiro atoms. The summed E-state index contributed by atoms with van der Waals surface area (Å²) in [5, 5.41) is 9.62. The summed E-state index contributed by atoms with van der Waals surface area (Å²) in [7, 11) is -4.32. The average molecular weight is 383 g/mol. The first-order valence-electron chi connectivity index (χ1n) is 8.74. The number of benzene rings is 1. The molecule has 142 valence electrons. The normalized spacial score (nSPS) is 13.5. The summed E-state index contributed by atoms with van der Waals surface area (Å²) in [5.74, 6) is -0.0582. The van der Waals surface area contributed by atoms with Gasteiger partial charge in [-0.3, -0.25) is 0 Å². The van der Waals surface area contributed by atoms with Gasteiger partial charge in [-0.1, -0.05) is 47.6 Å². The van der Waals surface area contributed by atoms with Crippen LogP contribution >= 0.6 is 0 Å². The second-order valence-electron chi connectivity index (χ2n) is 9.66. The first-order chi connectivity index (χ1) is 11.0. The number of para-hydroxylation sites is 1. The number of aromatic carboxylic acids is 1. The quantitative estimate of drug-likeness (QED) is 0.620. The largest absolute Gasteiger partial charge is 0.541 e. The van der Waals surface area contributed by atoms with E-state index in [2.05, 4.69) is 67.7 Å². The smallest absolute Gasteiger partial charge is 0.339 e. The van der Waals surface area contributed by atoms with Crippen molar-refractivity contribution in [1.82, 2.24) is 0 Å². The molecule has 0 heterocycles. The van der Waals surface area contributed by atoms with Crippen LogP contribution in [0.2, 0.25) is 36.3 Å². The maximum atomic E-state index is 11.8. The van der Waals surface area contributed by atoms with E-state index in [-0.39, 0.29) is 15.6 Å². The Morgan fingerprint density at radius 2 is 1.32 bits per heavy atom. The number of rotatable bonds is 5. The molecule has 0 radical (unpaired) electrons. The van der Waals surface area contributed by atoms with E-state index >= 15 is 0 Å². The van der Waals surface area contributed by atoms with Crippen LogP contribution in [-0.4, -0.2) is 27.7 Å². The predicted molar refractivity (Wildman–Crippen MR) is 109 cm³/mol. The monoisotopic (exact) mass is 382 g/mol. The molecule has 0 aliphatic rings. The standard InChI is InChI=1S/C19H34O4Si2/c1-18(2,3)24(7,8)22-15-13-11-12-14(17(20)21)16(15)23-25(9,10)19(4,5)6/h11-13H,1-10H3,(H,20,21). The fraction of sp³-hybridized carbons (Fsp3) is 0.632. The molecule has 0 aliphatic carbocycles. The molecule has 0 saturated carbocycles. The highest BCUT2D eigenvalue weighted by molar-refractivity contribution is 6.75. The van der Waals surface area contributed by atoms with Gasteiger partial charge in [0.1, 0.15) is 11.3 Å². The Balaban J connectivity index is 3.46. The minimum atomic E-state index is -2.20. The Morgan fingerprint density at radius 3 is 1.72 bits per heavy atom. The van der Waals surface area contributed by atoms with Crippen molar-refractivity contribution in [3.63, 3.8) is 0 Å². The molecule has 1 rings (SSSR count). The molecule has 1 N–H and O–H groups in total. The lowest BCUT2D eigenvalue weighted by Crippen LogP contribution is -2.46. The summed E-state index contributed by atoms with van der Waals surface area (Å²) >= 11 is 0. The molecule has 1 aromatic rings. The van der Waals surface area contributed by atoms with Crippen LogP contribution in [0.3, 0.4) is 0 Å². The van der Waals surface area contributed by atoms with E-state index in [4.69, 9.17) is 8.85 Å². The van der Waals surface area contributed by atoms with Gasteiger partial charge in [0.05, 0.1) is 0 Å². The van der Waals surface area contributed by atoms with Gasteiger partial charge in [0.2, 0.25) is 0 Å². The van der Waals surface area contributed by atoms with Gasteiger partial charge in [0.25, 0.3) is 16.6 Å². The molecule has 6 heteroatoms. The third-order valence-corrected chi connectivity index (χ3v) is 14.2. The van der Waals surface area contributed by atoms with Crippen molar-refractivity contribution < 1.29 is 18.8 Å². The predicted octanol–water partition coefficient (Wildman–Crippen LogP) is 6.15. The second-order valence-corrected chi connectivity index (χ2v) is 19.1. The van der Waals surface area contributed by atoms with Gasteiger partial charge in [0, 0.05) is 0 Å². The third kappa shape index (κ3) is 4.88. The topological polar surface area (TPSA) is 55.8 Å². The molecule has 0 aliphatic heterocycles. The van der Waals surface area contributed by atoms with Gasteiger partial charge >= 0.3 is 5.97 Å². The molecular formula is C19H34O4Si2. The van der Waals surface area contributed by atoms with Crippen molar-refractivity contribution in [3.05, 3.63) is 23.8 Å². The van der Waals surface area contributed by atoms with E-state index in [9.17, 15) is 9.90 Å². The number of carboxylic acids is 1. The van der Waals surface area contributed by atoms with E-state index in [1.165, 1.54) is 0 Å². The van der Waals surface area contributed by atoms with Gasteiger partial charge in [-0.15, -0.1) is 0 Å².